The summed E-state index contributed by atoms with van der Waals surface area (Å²) in [5.74, 6) is -0.427. The molecule has 0 saturated carbocycles. The molecule has 1 N–H and O–H groups in total. The third-order valence-electron chi connectivity index (χ3n) is 2.62. The van der Waals surface area contributed by atoms with Gasteiger partial charge >= 0.3 is 0 Å². The lowest BCUT2D eigenvalue weighted by Crippen LogP contribution is -2.14. The molecule has 0 aliphatic rings. The number of methoxy groups -OCH3 is 2. The number of rotatable bonds is 4. The Balaban J connectivity index is 2.14. The van der Waals surface area contributed by atoms with Crippen molar-refractivity contribution in [1.29, 1.82) is 0 Å². The first-order valence-electron chi connectivity index (χ1n) is 5.79. The summed E-state index contributed by atoms with van der Waals surface area (Å²) >= 11 is 0. The molecule has 2 rings (SSSR count). The average molecular weight is 276 g/mol. The first kappa shape index (κ1) is 13.8. The molecule has 0 fully saturated rings. The Labute approximate surface area is 115 Å². The first-order valence-corrected chi connectivity index (χ1v) is 5.79. The van der Waals surface area contributed by atoms with Crippen molar-refractivity contribution in [3.63, 3.8) is 0 Å². The summed E-state index contributed by atoms with van der Waals surface area (Å²) in [6.07, 6.45) is 1.43. The zero-order chi connectivity index (χ0) is 14.5. The van der Waals surface area contributed by atoms with Crippen LogP contribution in [0.5, 0.6) is 11.6 Å². The number of carbonyl (C=O) groups excluding carboxylic acids is 1. The van der Waals surface area contributed by atoms with Crippen LogP contribution in [0.25, 0.3) is 0 Å². The van der Waals surface area contributed by atoms with Crippen molar-refractivity contribution < 1.29 is 18.7 Å². The molecule has 0 saturated heterocycles. The number of amides is 1. The van der Waals surface area contributed by atoms with Crippen LogP contribution in [-0.4, -0.2) is 25.1 Å². The number of halogens is 1. The highest BCUT2D eigenvalue weighted by molar-refractivity contribution is 6.04. The summed E-state index contributed by atoms with van der Waals surface area (Å²) in [6.45, 7) is 0. The topological polar surface area (TPSA) is 60.5 Å². The fourth-order valence-electron chi connectivity index (χ4n) is 1.58. The van der Waals surface area contributed by atoms with Gasteiger partial charge in [-0.15, -0.1) is 0 Å². The minimum absolute atomic E-state index is 0.0679. The molecule has 5 nitrogen and oxygen atoms in total. The number of ether oxygens (including phenoxy) is 2. The molecule has 0 spiro atoms. The Kier molecular flexibility index (Phi) is 4.14. The minimum Gasteiger partial charge on any atom is -0.497 e. The van der Waals surface area contributed by atoms with Crippen molar-refractivity contribution in [3.8, 4) is 11.6 Å². The number of nitrogens with one attached hydrogen (secondary N) is 1. The maximum atomic E-state index is 13.7. The van der Waals surface area contributed by atoms with Crippen LogP contribution in [-0.2, 0) is 0 Å². The van der Waals surface area contributed by atoms with Gasteiger partial charge in [-0.3, -0.25) is 4.79 Å². The number of pyridine rings is 1. The van der Waals surface area contributed by atoms with Gasteiger partial charge in [-0.2, -0.15) is 0 Å². The van der Waals surface area contributed by atoms with Crippen LogP contribution in [0.4, 0.5) is 10.1 Å². The maximum absolute atomic E-state index is 13.7. The molecule has 6 heteroatoms. The highest BCUT2D eigenvalue weighted by Gasteiger charge is 2.13. The largest absolute Gasteiger partial charge is 0.497 e. The number of nitrogens with zero attached hydrogens (tertiary/aromatic N) is 1. The van der Waals surface area contributed by atoms with Crippen molar-refractivity contribution in [2.75, 3.05) is 19.5 Å². The number of carbonyl (C=O) groups is 1. The van der Waals surface area contributed by atoms with Crippen LogP contribution in [0.3, 0.4) is 0 Å². The SMILES string of the molecule is COc1ccc(C(=O)Nc2ccc(OC)nc2)c(F)c1. The van der Waals surface area contributed by atoms with Crippen molar-refractivity contribution in [2.24, 2.45) is 0 Å². The number of hydrogen-bond donors (Lipinski definition) is 1. The molecule has 0 unspecified atom stereocenters. The van der Waals surface area contributed by atoms with Crippen LogP contribution < -0.4 is 14.8 Å². The lowest BCUT2D eigenvalue weighted by atomic mass is 10.2. The van der Waals surface area contributed by atoms with E-state index in [4.69, 9.17) is 9.47 Å². The van der Waals surface area contributed by atoms with Crippen molar-refractivity contribution in [3.05, 3.63) is 47.9 Å². The molecular weight excluding hydrogens is 263 g/mol. The second-order valence-electron chi connectivity index (χ2n) is 3.89. The fraction of sp³-hybridized carbons (Fsp3) is 0.143. The van der Waals surface area contributed by atoms with E-state index in [0.717, 1.165) is 6.07 Å². The molecule has 1 aromatic heterocycles. The molecule has 0 atom stereocenters. The Hall–Kier alpha value is -2.63. The van der Waals surface area contributed by atoms with Gasteiger partial charge < -0.3 is 14.8 Å². The summed E-state index contributed by atoms with van der Waals surface area (Å²) < 4.78 is 23.5. The number of aromatic nitrogens is 1. The highest BCUT2D eigenvalue weighted by atomic mass is 19.1. The monoisotopic (exact) mass is 276 g/mol. The number of benzene rings is 1. The molecule has 1 aromatic carbocycles. The van der Waals surface area contributed by atoms with E-state index in [-0.39, 0.29) is 5.56 Å². The average Bonchev–Trinajstić information content (AvgIpc) is 2.47. The summed E-state index contributed by atoms with van der Waals surface area (Å²) in [4.78, 5) is 15.9. The van der Waals surface area contributed by atoms with Gasteiger partial charge in [0.1, 0.15) is 11.6 Å². The van der Waals surface area contributed by atoms with E-state index in [1.54, 1.807) is 12.1 Å². The highest BCUT2D eigenvalue weighted by Crippen LogP contribution is 2.18. The number of hydrogen-bond acceptors (Lipinski definition) is 4. The normalized spacial score (nSPS) is 9.95. The van der Waals surface area contributed by atoms with Crippen LogP contribution in [0, 0.1) is 5.82 Å². The van der Waals surface area contributed by atoms with Gasteiger partial charge in [-0.1, -0.05) is 0 Å². The van der Waals surface area contributed by atoms with Crippen molar-refractivity contribution >= 4 is 11.6 Å². The molecule has 1 amide bonds. The van der Waals surface area contributed by atoms with E-state index < -0.39 is 11.7 Å². The molecular formula is C14H13FN2O3. The lowest BCUT2D eigenvalue weighted by Gasteiger charge is -2.07. The maximum Gasteiger partial charge on any atom is 0.258 e. The first-order chi connectivity index (χ1) is 9.63. The predicted molar refractivity (Wildman–Crippen MR) is 71.7 cm³/mol. The van der Waals surface area contributed by atoms with E-state index in [0.29, 0.717) is 17.3 Å². The molecule has 0 radical (unpaired) electrons. The zero-order valence-corrected chi connectivity index (χ0v) is 11.0. The van der Waals surface area contributed by atoms with Crippen molar-refractivity contribution in [1.82, 2.24) is 4.98 Å². The molecule has 0 aliphatic heterocycles. The summed E-state index contributed by atoms with van der Waals surface area (Å²) in [7, 11) is 2.92. The van der Waals surface area contributed by atoms with Gasteiger partial charge in [0.25, 0.3) is 5.91 Å². The smallest absolute Gasteiger partial charge is 0.258 e. The van der Waals surface area contributed by atoms with Gasteiger partial charge in [-0.25, -0.2) is 9.37 Å². The van der Waals surface area contributed by atoms with Crippen LogP contribution >= 0.6 is 0 Å². The van der Waals surface area contributed by atoms with Gasteiger partial charge in [0, 0.05) is 12.1 Å². The quantitative estimate of drug-likeness (QED) is 0.932. The molecule has 20 heavy (non-hydrogen) atoms. The third kappa shape index (κ3) is 3.03. The molecule has 1 heterocycles. The molecule has 0 bridgehead atoms. The van der Waals surface area contributed by atoms with E-state index in [1.165, 1.54) is 32.5 Å². The Morgan fingerprint density at radius 1 is 1.20 bits per heavy atom. The van der Waals surface area contributed by atoms with E-state index in [2.05, 4.69) is 10.3 Å². The van der Waals surface area contributed by atoms with E-state index in [1.807, 2.05) is 0 Å². The number of anilines is 1. The van der Waals surface area contributed by atoms with Crippen LogP contribution in [0.15, 0.2) is 36.5 Å². The summed E-state index contributed by atoms with van der Waals surface area (Å²) in [6, 6.07) is 7.25. The molecule has 104 valence electrons. The second kappa shape index (κ2) is 6.01. The molecule has 0 aliphatic carbocycles. The van der Waals surface area contributed by atoms with Gasteiger partial charge in [0.05, 0.1) is 31.7 Å². The lowest BCUT2D eigenvalue weighted by molar-refractivity contribution is 0.102. The summed E-state index contributed by atoms with van der Waals surface area (Å²) in [5.41, 5.74) is 0.382. The summed E-state index contributed by atoms with van der Waals surface area (Å²) in [5, 5.41) is 2.55. The second-order valence-corrected chi connectivity index (χ2v) is 3.89. The Morgan fingerprint density at radius 2 is 2.00 bits per heavy atom. The molecule has 2 aromatic rings. The third-order valence-corrected chi connectivity index (χ3v) is 2.62. The fourth-order valence-corrected chi connectivity index (χ4v) is 1.58. The van der Waals surface area contributed by atoms with Gasteiger partial charge in [-0.05, 0) is 18.2 Å². The predicted octanol–water partition coefficient (Wildman–Crippen LogP) is 2.49. The van der Waals surface area contributed by atoms with Crippen LogP contribution in [0.1, 0.15) is 10.4 Å². The van der Waals surface area contributed by atoms with E-state index in [9.17, 15) is 9.18 Å². The van der Waals surface area contributed by atoms with Crippen LogP contribution in [0.2, 0.25) is 0 Å². The van der Waals surface area contributed by atoms with Gasteiger partial charge in [0.2, 0.25) is 5.88 Å². The van der Waals surface area contributed by atoms with Crippen molar-refractivity contribution in [2.45, 2.75) is 0 Å². The minimum atomic E-state index is -0.650. The Morgan fingerprint density at radius 3 is 2.55 bits per heavy atom. The van der Waals surface area contributed by atoms with E-state index >= 15 is 0 Å². The van der Waals surface area contributed by atoms with Gasteiger partial charge in [0.15, 0.2) is 0 Å². The standard InChI is InChI=1S/C14H13FN2O3/c1-19-10-4-5-11(12(15)7-10)14(18)17-9-3-6-13(20-2)16-8-9/h3-8H,1-2H3,(H,17,18). The zero-order valence-electron chi connectivity index (χ0n) is 11.0. The Bertz CT molecular complexity index is 614.